The Kier molecular flexibility index (Phi) is 3.71. The van der Waals surface area contributed by atoms with Gasteiger partial charge in [0, 0.05) is 6.20 Å². The van der Waals surface area contributed by atoms with E-state index in [1.807, 2.05) is 36.5 Å². The van der Waals surface area contributed by atoms with Crippen molar-refractivity contribution in [1.29, 1.82) is 0 Å². The number of hydrogen-bond acceptors (Lipinski definition) is 3. The minimum atomic E-state index is 0.575. The summed E-state index contributed by atoms with van der Waals surface area (Å²) in [5.41, 5.74) is 5.48. The average Bonchev–Trinajstić information content (AvgIpc) is 3.08. The molecule has 118 valence electrons. The Bertz CT molecular complexity index is 977. The first-order valence-corrected chi connectivity index (χ1v) is 7.87. The molecule has 0 aliphatic rings. The lowest BCUT2D eigenvalue weighted by Gasteiger charge is -2.11. The molecule has 4 aromatic rings. The van der Waals surface area contributed by atoms with Crippen LogP contribution < -0.4 is 4.74 Å². The molecule has 0 amide bonds. The van der Waals surface area contributed by atoms with Crippen LogP contribution in [-0.2, 0) is 6.61 Å². The summed E-state index contributed by atoms with van der Waals surface area (Å²) in [6.45, 7) is 2.67. The Labute approximate surface area is 140 Å². The maximum atomic E-state index is 5.90. The highest BCUT2D eigenvalue weighted by atomic mass is 16.5. The highest BCUT2D eigenvalue weighted by Crippen LogP contribution is 2.27. The third-order valence-corrected chi connectivity index (χ3v) is 4.04. The first-order valence-electron chi connectivity index (χ1n) is 7.87. The van der Waals surface area contributed by atoms with Crippen LogP contribution in [0.25, 0.3) is 16.8 Å². The van der Waals surface area contributed by atoms with Crippen molar-refractivity contribution in [2.75, 3.05) is 0 Å². The molecule has 0 aliphatic heterocycles. The van der Waals surface area contributed by atoms with Crippen LogP contribution in [0.4, 0.5) is 0 Å². The Morgan fingerprint density at radius 1 is 1.00 bits per heavy atom. The number of ether oxygens (including phenoxy) is 1. The highest BCUT2D eigenvalue weighted by Gasteiger charge is 2.06. The van der Waals surface area contributed by atoms with Crippen LogP contribution in [0.5, 0.6) is 5.75 Å². The van der Waals surface area contributed by atoms with Gasteiger partial charge < -0.3 is 4.74 Å². The Morgan fingerprint density at radius 2 is 1.88 bits per heavy atom. The van der Waals surface area contributed by atoms with Gasteiger partial charge in [0.05, 0.1) is 0 Å². The Hall–Kier alpha value is -3.14. The molecule has 2 aromatic carbocycles. The van der Waals surface area contributed by atoms with Crippen LogP contribution in [0.1, 0.15) is 11.1 Å². The van der Waals surface area contributed by atoms with E-state index in [1.165, 1.54) is 11.1 Å². The van der Waals surface area contributed by atoms with Crippen molar-refractivity contribution >= 4 is 5.65 Å². The fraction of sp³-hybridized carbons (Fsp3) is 0.100. The number of aromatic nitrogens is 3. The lowest BCUT2D eigenvalue weighted by molar-refractivity contribution is 0.306. The number of hydrogen-bond donors (Lipinski definition) is 0. The zero-order valence-electron chi connectivity index (χ0n) is 13.4. The summed E-state index contributed by atoms with van der Waals surface area (Å²) in [6, 6.07) is 20.5. The molecule has 0 saturated heterocycles. The van der Waals surface area contributed by atoms with Crippen molar-refractivity contribution in [3.63, 3.8) is 0 Å². The SMILES string of the molecule is Cc1cc(OCc2ccccc2)ccc1-c1ccn2ncnc2c1. The third-order valence-electron chi connectivity index (χ3n) is 4.04. The summed E-state index contributed by atoms with van der Waals surface area (Å²) in [7, 11) is 0. The molecule has 4 nitrogen and oxygen atoms in total. The van der Waals surface area contributed by atoms with Gasteiger partial charge in [-0.25, -0.2) is 9.50 Å². The van der Waals surface area contributed by atoms with E-state index in [1.54, 1.807) is 10.8 Å². The first kappa shape index (κ1) is 14.5. The summed E-state index contributed by atoms with van der Waals surface area (Å²) < 4.78 is 7.66. The minimum Gasteiger partial charge on any atom is -0.489 e. The second-order valence-electron chi connectivity index (χ2n) is 5.73. The van der Waals surface area contributed by atoms with E-state index in [9.17, 15) is 0 Å². The second kappa shape index (κ2) is 6.16. The Morgan fingerprint density at radius 3 is 2.71 bits per heavy atom. The molecule has 0 unspecified atom stereocenters. The van der Waals surface area contributed by atoms with Gasteiger partial charge in [0.1, 0.15) is 18.7 Å². The fourth-order valence-electron chi connectivity index (χ4n) is 2.77. The average molecular weight is 315 g/mol. The molecule has 0 radical (unpaired) electrons. The molecule has 0 fully saturated rings. The molecule has 0 saturated carbocycles. The molecule has 0 atom stereocenters. The first-order chi connectivity index (χ1) is 11.8. The number of pyridine rings is 1. The third kappa shape index (κ3) is 2.86. The Balaban J connectivity index is 1.57. The summed E-state index contributed by atoms with van der Waals surface area (Å²) in [6.07, 6.45) is 3.49. The fourth-order valence-corrected chi connectivity index (χ4v) is 2.77. The molecule has 0 spiro atoms. The van der Waals surface area contributed by atoms with E-state index >= 15 is 0 Å². The van der Waals surface area contributed by atoms with Gasteiger partial charge in [-0.15, -0.1) is 0 Å². The number of aryl methyl sites for hydroxylation is 1. The van der Waals surface area contributed by atoms with Crippen LogP contribution in [-0.4, -0.2) is 14.6 Å². The molecule has 0 bridgehead atoms. The van der Waals surface area contributed by atoms with Gasteiger partial charge in [-0.3, -0.25) is 0 Å². The summed E-state index contributed by atoms with van der Waals surface area (Å²) in [5, 5.41) is 4.13. The molecule has 4 rings (SSSR count). The molecule has 4 heteroatoms. The summed E-state index contributed by atoms with van der Waals surface area (Å²) in [5.74, 6) is 0.878. The largest absolute Gasteiger partial charge is 0.489 e. The lowest BCUT2D eigenvalue weighted by atomic mass is 10.0. The van der Waals surface area contributed by atoms with Gasteiger partial charge in [0.25, 0.3) is 0 Å². The van der Waals surface area contributed by atoms with Gasteiger partial charge >= 0.3 is 0 Å². The molecular weight excluding hydrogens is 298 g/mol. The number of rotatable bonds is 4. The van der Waals surface area contributed by atoms with E-state index < -0.39 is 0 Å². The van der Waals surface area contributed by atoms with Crippen molar-refractivity contribution in [2.24, 2.45) is 0 Å². The van der Waals surface area contributed by atoms with Gasteiger partial charge in [0.2, 0.25) is 0 Å². The molecular formula is C20H17N3O. The quantitative estimate of drug-likeness (QED) is 0.564. The van der Waals surface area contributed by atoms with E-state index in [2.05, 4.69) is 47.3 Å². The predicted octanol–water partition coefficient (Wildman–Crippen LogP) is 4.28. The zero-order valence-corrected chi connectivity index (χ0v) is 13.4. The molecule has 0 aliphatic carbocycles. The van der Waals surface area contributed by atoms with Crippen LogP contribution in [0.15, 0.2) is 73.2 Å². The maximum Gasteiger partial charge on any atom is 0.155 e. The summed E-state index contributed by atoms with van der Waals surface area (Å²) >= 11 is 0. The van der Waals surface area contributed by atoms with Crippen LogP contribution in [0, 0.1) is 6.92 Å². The number of benzene rings is 2. The molecule has 2 heterocycles. The number of fused-ring (bicyclic) bond motifs is 1. The maximum absolute atomic E-state index is 5.90. The molecule has 24 heavy (non-hydrogen) atoms. The standard InChI is InChI=1S/C20H17N3O/c1-15-11-18(24-13-16-5-3-2-4-6-16)7-8-19(15)17-9-10-23-20(12-17)21-14-22-23/h2-12,14H,13H2,1H3. The minimum absolute atomic E-state index is 0.575. The van der Waals surface area contributed by atoms with E-state index in [4.69, 9.17) is 4.74 Å². The van der Waals surface area contributed by atoms with Crippen LogP contribution in [0.2, 0.25) is 0 Å². The van der Waals surface area contributed by atoms with Gasteiger partial charge in [-0.05, 0) is 53.4 Å². The van der Waals surface area contributed by atoms with Crippen LogP contribution >= 0.6 is 0 Å². The lowest BCUT2D eigenvalue weighted by Crippen LogP contribution is -1.96. The highest BCUT2D eigenvalue weighted by molar-refractivity contribution is 5.70. The monoisotopic (exact) mass is 315 g/mol. The van der Waals surface area contributed by atoms with Gasteiger partial charge in [-0.2, -0.15) is 5.10 Å². The van der Waals surface area contributed by atoms with E-state index in [-0.39, 0.29) is 0 Å². The van der Waals surface area contributed by atoms with Crippen molar-refractivity contribution in [3.8, 4) is 16.9 Å². The number of nitrogens with zero attached hydrogens (tertiary/aromatic N) is 3. The van der Waals surface area contributed by atoms with Crippen LogP contribution in [0.3, 0.4) is 0 Å². The van der Waals surface area contributed by atoms with Crippen molar-refractivity contribution in [3.05, 3.63) is 84.3 Å². The smallest absolute Gasteiger partial charge is 0.155 e. The van der Waals surface area contributed by atoms with Gasteiger partial charge in [0.15, 0.2) is 5.65 Å². The zero-order chi connectivity index (χ0) is 16.4. The van der Waals surface area contributed by atoms with Crippen molar-refractivity contribution in [2.45, 2.75) is 13.5 Å². The predicted molar refractivity (Wildman–Crippen MR) is 93.9 cm³/mol. The van der Waals surface area contributed by atoms with Gasteiger partial charge in [-0.1, -0.05) is 36.4 Å². The molecule has 0 N–H and O–H groups in total. The van der Waals surface area contributed by atoms with Crippen molar-refractivity contribution in [1.82, 2.24) is 14.6 Å². The normalized spacial score (nSPS) is 10.9. The second-order valence-corrected chi connectivity index (χ2v) is 5.73. The topological polar surface area (TPSA) is 39.4 Å². The summed E-state index contributed by atoms with van der Waals surface area (Å²) in [4.78, 5) is 4.24. The molecule has 2 aromatic heterocycles. The van der Waals surface area contributed by atoms with Crippen molar-refractivity contribution < 1.29 is 4.74 Å². The van der Waals surface area contributed by atoms with E-state index in [0.717, 1.165) is 22.5 Å². The van der Waals surface area contributed by atoms with E-state index in [0.29, 0.717) is 6.61 Å².